The average molecular weight is 276 g/mol. The highest BCUT2D eigenvalue weighted by Crippen LogP contribution is 2.22. The molecule has 1 amide bonds. The van der Waals surface area contributed by atoms with Gasteiger partial charge in [-0.25, -0.2) is 9.97 Å². The molecule has 1 N–H and O–H groups in total. The van der Waals surface area contributed by atoms with Crippen LogP contribution in [0.3, 0.4) is 0 Å². The molecule has 0 aliphatic heterocycles. The number of nitrogens with one attached hydrogen (secondary N) is 1. The van der Waals surface area contributed by atoms with Crippen LogP contribution in [-0.2, 0) is 24.1 Å². The molecule has 5 nitrogen and oxygen atoms in total. The second-order valence-corrected chi connectivity index (χ2v) is 5.68. The van der Waals surface area contributed by atoms with Crippen molar-refractivity contribution in [3.8, 4) is 0 Å². The van der Waals surface area contributed by atoms with Gasteiger partial charge in [0.15, 0.2) is 0 Å². The number of likely N-dealkylation sites (N-methyl/N-ethyl adjacent to an activating group) is 1. The first-order valence-corrected chi connectivity index (χ1v) is 7.28. The molecule has 20 heavy (non-hydrogen) atoms. The van der Waals surface area contributed by atoms with E-state index in [2.05, 4.69) is 22.2 Å². The van der Waals surface area contributed by atoms with E-state index in [1.165, 1.54) is 17.7 Å². The van der Waals surface area contributed by atoms with Crippen molar-refractivity contribution in [1.29, 1.82) is 0 Å². The fourth-order valence-electron chi connectivity index (χ4n) is 2.47. The number of aromatic nitrogens is 2. The maximum absolute atomic E-state index is 11.8. The van der Waals surface area contributed by atoms with Crippen molar-refractivity contribution in [2.45, 2.75) is 45.6 Å². The lowest BCUT2D eigenvalue weighted by molar-refractivity contribution is -0.124. The maximum atomic E-state index is 11.8. The predicted molar refractivity (Wildman–Crippen MR) is 78.7 cm³/mol. The van der Waals surface area contributed by atoms with Crippen LogP contribution in [0, 0.1) is 6.92 Å². The van der Waals surface area contributed by atoms with Gasteiger partial charge in [-0.15, -0.1) is 0 Å². The molecule has 0 saturated heterocycles. The zero-order chi connectivity index (χ0) is 14.7. The number of fused-ring (bicyclic) bond motifs is 1. The maximum Gasteiger partial charge on any atom is 0.237 e. The van der Waals surface area contributed by atoms with Gasteiger partial charge >= 0.3 is 0 Å². The summed E-state index contributed by atoms with van der Waals surface area (Å²) < 4.78 is 0. The van der Waals surface area contributed by atoms with Crippen molar-refractivity contribution in [2.75, 3.05) is 20.6 Å². The van der Waals surface area contributed by atoms with Crippen LogP contribution in [0.2, 0.25) is 0 Å². The molecule has 1 aliphatic carbocycles. The molecular weight excluding hydrogens is 252 g/mol. The SMILES string of the molecule is Cc1nc(CCNC(=O)[C@H](C)N(C)C)nc2c1CCC2. The highest BCUT2D eigenvalue weighted by Gasteiger charge is 2.17. The molecule has 0 spiro atoms. The van der Waals surface area contributed by atoms with Gasteiger partial charge in [-0.3, -0.25) is 9.69 Å². The quantitative estimate of drug-likeness (QED) is 0.867. The molecule has 0 radical (unpaired) electrons. The fourth-order valence-corrected chi connectivity index (χ4v) is 2.47. The molecule has 1 aromatic heterocycles. The first-order chi connectivity index (χ1) is 9.49. The molecule has 2 rings (SSSR count). The van der Waals surface area contributed by atoms with Crippen LogP contribution < -0.4 is 5.32 Å². The van der Waals surface area contributed by atoms with Gasteiger partial charge in [0, 0.05) is 24.4 Å². The van der Waals surface area contributed by atoms with Crippen LogP contribution >= 0.6 is 0 Å². The Labute approximate surface area is 120 Å². The Morgan fingerprint density at radius 3 is 2.80 bits per heavy atom. The van der Waals surface area contributed by atoms with E-state index in [1.807, 2.05) is 25.9 Å². The van der Waals surface area contributed by atoms with Crippen LogP contribution in [0.4, 0.5) is 0 Å². The Bertz CT molecular complexity index is 499. The number of carbonyl (C=O) groups is 1. The molecule has 1 atom stereocenters. The zero-order valence-corrected chi connectivity index (χ0v) is 12.9. The second kappa shape index (κ2) is 6.31. The summed E-state index contributed by atoms with van der Waals surface area (Å²) in [5, 5.41) is 2.94. The highest BCUT2D eigenvalue weighted by atomic mass is 16.2. The van der Waals surface area contributed by atoms with Crippen LogP contribution in [-0.4, -0.2) is 47.5 Å². The number of rotatable bonds is 5. The molecule has 0 aromatic carbocycles. The minimum atomic E-state index is -0.113. The molecule has 5 heteroatoms. The van der Waals surface area contributed by atoms with Crippen LogP contribution in [0.1, 0.15) is 36.1 Å². The molecule has 1 aromatic rings. The molecule has 110 valence electrons. The van der Waals surface area contributed by atoms with Crippen molar-refractivity contribution < 1.29 is 4.79 Å². The van der Waals surface area contributed by atoms with Gasteiger partial charge < -0.3 is 5.32 Å². The van der Waals surface area contributed by atoms with Crippen LogP contribution in [0.25, 0.3) is 0 Å². The topological polar surface area (TPSA) is 58.1 Å². The van der Waals surface area contributed by atoms with Crippen LogP contribution in [0.5, 0.6) is 0 Å². The Morgan fingerprint density at radius 2 is 2.10 bits per heavy atom. The van der Waals surface area contributed by atoms with Crippen molar-refractivity contribution in [1.82, 2.24) is 20.2 Å². The third-order valence-electron chi connectivity index (χ3n) is 3.99. The molecular formula is C15H24N4O. The van der Waals surface area contributed by atoms with Crippen molar-refractivity contribution in [3.05, 3.63) is 22.8 Å². The number of aryl methyl sites for hydroxylation is 2. The number of amides is 1. The Morgan fingerprint density at radius 1 is 1.35 bits per heavy atom. The van der Waals surface area contributed by atoms with E-state index in [4.69, 9.17) is 0 Å². The summed E-state index contributed by atoms with van der Waals surface area (Å²) in [6, 6.07) is -0.113. The zero-order valence-electron chi connectivity index (χ0n) is 12.9. The summed E-state index contributed by atoms with van der Waals surface area (Å²) in [6.45, 7) is 4.54. The van der Waals surface area contributed by atoms with Gasteiger partial charge in [0.25, 0.3) is 0 Å². The van der Waals surface area contributed by atoms with Gasteiger partial charge in [0.05, 0.1) is 6.04 Å². The van der Waals surface area contributed by atoms with E-state index >= 15 is 0 Å². The molecule has 0 saturated carbocycles. The van der Waals surface area contributed by atoms with Gasteiger partial charge in [-0.1, -0.05) is 0 Å². The van der Waals surface area contributed by atoms with E-state index in [0.717, 1.165) is 24.4 Å². The normalized spacial score (nSPS) is 15.2. The molecule has 1 heterocycles. The Kier molecular flexibility index (Phi) is 4.70. The summed E-state index contributed by atoms with van der Waals surface area (Å²) in [5.41, 5.74) is 3.65. The van der Waals surface area contributed by atoms with E-state index < -0.39 is 0 Å². The van der Waals surface area contributed by atoms with Crippen molar-refractivity contribution >= 4 is 5.91 Å². The molecule has 0 fully saturated rings. The standard InChI is InChI=1S/C15H24N4O/c1-10-12-6-5-7-13(12)18-14(17-10)8-9-16-15(20)11(2)19(3)4/h11H,5-9H2,1-4H3,(H,16,20)/t11-/m0/s1. The van der Waals surface area contributed by atoms with E-state index in [9.17, 15) is 4.79 Å². The lowest BCUT2D eigenvalue weighted by atomic mass is 10.2. The highest BCUT2D eigenvalue weighted by molar-refractivity contribution is 5.81. The Balaban J connectivity index is 1.89. The smallest absolute Gasteiger partial charge is 0.237 e. The number of nitrogens with zero attached hydrogens (tertiary/aromatic N) is 3. The lowest BCUT2D eigenvalue weighted by Gasteiger charge is -2.18. The number of hydrogen-bond donors (Lipinski definition) is 1. The summed E-state index contributed by atoms with van der Waals surface area (Å²) in [7, 11) is 3.80. The van der Waals surface area contributed by atoms with Crippen molar-refractivity contribution in [2.24, 2.45) is 0 Å². The summed E-state index contributed by atoms with van der Waals surface area (Å²) >= 11 is 0. The second-order valence-electron chi connectivity index (χ2n) is 5.68. The van der Waals surface area contributed by atoms with Gasteiger partial charge in [0.1, 0.15) is 5.82 Å². The van der Waals surface area contributed by atoms with Crippen LogP contribution in [0.15, 0.2) is 0 Å². The minimum Gasteiger partial charge on any atom is -0.354 e. The molecule has 0 unspecified atom stereocenters. The van der Waals surface area contributed by atoms with Gasteiger partial charge in [-0.2, -0.15) is 0 Å². The summed E-state index contributed by atoms with van der Waals surface area (Å²) in [6.07, 6.45) is 4.06. The number of carbonyl (C=O) groups excluding carboxylic acids is 1. The van der Waals surface area contributed by atoms with Crippen molar-refractivity contribution in [3.63, 3.8) is 0 Å². The lowest BCUT2D eigenvalue weighted by Crippen LogP contribution is -2.42. The van der Waals surface area contributed by atoms with E-state index in [0.29, 0.717) is 13.0 Å². The first kappa shape index (κ1) is 14.9. The molecule has 1 aliphatic rings. The third-order valence-corrected chi connectivity index (χ3v) is 3.99. The number of hydrogen-bond acceptors (Lipinski definition) is 4. The first-order valence-electron chi connectivity index (χ1n) is 7.28. The summed E-state index contributed by atoms with van der Waals surface area (Å²) in [5.74, 6) is 0.897. The average Bonchev–Trinajstić information content (AvgIpc) is 2.86. The summed E-state index contributed by atoms with van der Waals surface area (Å²) in [4.78, 5) is 22.9. The van der Waals surface area contributed by atoms with Gasteiger partial charge in [0.2, 0.25) is 5.91 Å². The van der Waals surface area contributed by atoms with Gasteiger partial charge in [-0.05, 0) is 52.8 Å². The van der Waals surface area contributed by atoms with E-state index in [-0.39, 0.29) is 11.9 Å². The largest absolute Gasteiger partial charge is 0.354 e. The molecule has 0 bridgehead atoms. The van der Waals surface area contributed by atoms with E-state index in [1.54, 1.807) is 0 Å². The minimum absolute atomic E-state index is 0.0490. The predicted octanol–water partition coefficient (Wildman–Crippen LogP) is 0.883. The monoisotopic (exact) mass is 276 g/mol. The fraction of sp³-hybridized carbons (Fsp3) is 0.667. The Hall–Kier alpha value is -1.49. The third kappa shape index (κ3) is 3.33.